The van der Waals surface area contributed by atoms with Crippen LogP contribution in [0.5, 0.6) is 0 Å². The first-order chi connectivity index (χ1) is 27.6. The molecule has 59 heavy (non-hydrogen) atoms. The molecule has 0 saturated heterocycles. The van der Waals surface area contributed by atoms with Crippen LogP contribution in [0.1, 0.15) is 76.0 Å². The van der Waals surface area contributed by atoms with E-state index in [4.69, 9.17) is 4.18 Å². The van der Waals surface area contributed by atoms with Crippen LogP contribution in [-0.4, -0.2) is 101 Å². The summed E-state index contributed by atoms with van der Waals surface area (Å²) in [4.78, 5) is 25.1. The van der Waals surface area contributed by atoms with Crippen molar-refractivity contribution in [3.05, 3.63) is 101 Å². The number of nitrogens with zero attached hydrogens (tertiary/aromatic N) is 2. The van der Waals surface area contributed by atoms with E-state index in [1.165, 1.54) is 6.07 Å². The van der Waals surface area contributed by atoms with Crippen molar-refractivity contribution in [3.63, 3.8) is 0 Å². The molecule has 0 aromatic heterocycles. The Morgan fingerprint density at radius 2 is 1.47 bits per heavy atom. The van der Waals surface area contributed by atoms with E-state index in [-0.39, 0.29) is 42.9 Å². The van der Waals surface area contributed by atoms with Crippen molar-refractivity contribution < 1.29 is 62.5 Å². The van der Waals surface area contributed by atoms with Crippen molar-refractivity contribution in [2.24, 2.45) is 0 Å². The maximum absolute atomic E-state index is 12.7. The molecule has 4 rings (SSSR count). The molecule has 0 fully saturated rings. The van der Waals surface area contributed by atoms with Gasteiger partial charge in [0.25, 0.3) is 30.4 Å². The summed E-state index contributed by atoms with van der Waals surface area (Å²) in [5, 5.41) is 18.9. The third-order valence-corrected chi connectivity index (χ3v) is 14.2. The number of hydrogen-bond donors (Lipinski definition) is 3. The minimum atomic E-state index is -4.24. The van der Waals surface area contributed by atoms with Gasteiger partial charge >= 0.3 is 11.9 Å². The highest BCUT2D eigenvalue weighted by molar-refractivity contribution is 7.87. The molecule has 2 aliphatic heterocycles. The van der Waals surface area contributed by atoms with Gasteiger partial charge in [-0.2, -0.15) is 29.8 Å². The first-order valence-corrected chi connectivity index (χ1v) is 23.6. The van der Waals surface area contributed by atoms with Crippen LogP contribution in [0.2, 0.25) is 0 Å². The van der Waals surface area contributed by atoms with Crippen LogP contribution in [0.3, 0.4) is 0 Å². The van der Waals surface area contributed by atoms with Gasteiger partial charge in [-0.1, -0.05) is 36.4 Å². The van der Waals surface area contributed by atoms with Crippen LogP contribution in [0, 0.1) is 0 Å². The molecule has 2 unspecified atom stereocenters. The fourth-order valence-corrected chi connectivity index (χ4v) is 9.79. The first kappa shape index (κ1) is 47.2. The van der Waals surface area contributed by atoms with Gasteiger partial charge in [-0.3, -0.25) is 22.5 Å². The minimum absolute atomic E-state index is 0.0176. The van der Waals surface area contributed by atoms with Gasteiger partial charge in [0.15, 0.2) is 5.71 Å². The molecule has 0 spiro atoms. The molecule has 2 atom stereocenters. The molecule has 322 valence electrons. The standard InChI is InChI=1S/C41H52N2O13S3/c1-6-42-34-21-19-31(59(53,54)56-5)29-33(34)41(3,23-13-26-58(51,52)55-4)36(42)15-10-8-7-9-11-16-37-40(2,22-12-17-38(44)45)32-27-30(28-39(46)47)18-20-35(32)43(37)24-14-25-57(48,49)50/h7-11,15-16,18-21,27,29H,6,12-14,17,22-26,28H2,1-5H3,(H2-,44,45,46,47,48,49,50)/p+1. The van der Waals surface area contributed by atoms with Gasteiger partial charge in [-0.15, -0.1) is 0 Å². The molecule has 0 aliphatic carbocycles. The number of allylic oxidation sites excluding steroid dienone is 8. The number of likely N-dealkylation sites (N-methyl/N-ethyl adjacent to an activating group) is 1. The Balaban J connectivity index is 1.71. The average Bonchev–Trinajstić information content (AvgIpc) is 3.53. The molecule has 3 N–H and O–H groups in total. The average molecular weight is 878 g/mol. The predicted molar refractivity (Wildman–Crippen MR) is 224 cm³/mol. The zero-order valence-corrected chi connectivity index (χ0v) is 36.3. The number of carboxylic acid groups (broad SMARTS) is 2. The third kappa shape index (κ3) is 11.4. The SMILES string of the molecule is CCN1/C(=C/C=C/C=C/C=C/C2=[N+](CCCS(=O)(=O)O)c3ccc(CC(=O)O)cc3C2(C)CCCC(=O)O)C(C)(CCCS(=O)(=O)OC)c2cc(S(=O)(=O)OC)ccc21. The summed E-state index contributed by atoms with van der Waals surface area (Å²) in [5.41, 5.74) is 3.61. The maximum atomic E-state index is 12.7. The fourth-order valence-electron chi connectivity index (χ4n) is 7.95. The molecule has 18 heteroatoms. The number of carbonyl (C=O) groups is 2. The van der Waals surface area contributed by atoms with Gasteiger partial charge < -0.3 is 15.1 Å². The van der Waals surface area contributed by atoms with Crippen LogP contribution in [0.15, 0.2) is 89.5 Å². The van der Waals surface area contributed by atoms with Gasteiger partial charge in [0.1, 0.15) is 6.54 Å². The van der Waals surface area contributed by atoms with Gasteiger partial charge in [-0.05, 0) is 87.9 Å². The number of carboxylic acids is 2. The lowest BCUT2D eigenvalue weighted by atomic mass is 9.75. The summed E-state index contributed by atoms with van der Waals surface area (Å²) in [7, 11) is -9.79. The molecule has 2 aromatic carbocycles. The Kier molecular flexibility index (Phi) is 15.4. The molecule has 0 bridgehead atoms. The van der Waals surface area contributed by atoms with Gasteiger partial charge in [-0.25, -0.2) is 0 Å². The van der Waals surface area contributed by atoms with Crippen LogP contribution in [-0.2, 0) is 65.6 Å². The highest BCUT2D eigenvalue weighted by atomic mass is 32.2. The van der Waals surface area contributed by atoms with Crippen molar-refractivity contribution in [2.45, 2.75) is 81.4 Å². The van der Waals surface area contributed by atoms with Gasteiger partial charge in [0.2, 0.25) is 5.69 Å². The first-order valence-electron chi connectivity index (χ1n) is 19.0. The molecule has 15 nitrogen and oxygen atoms in total. The second-order valence-corrected chi connectivity index (χ2v) is 19.9. The normalized spacial score (nSPS) is 20.4. The van der Waals surface area contributed by atoms with E-state index < -0.39 is 58.9 Å². The fraction of sp³-hybridized carbons (Fsp3) is 0.439. The smallest absolute Gasteiger partial charge is 0.307 e. The Morgan fingerprint density at radius 1 is 0.797 bits per heavy atom. The lowest BCUT2D eigenvalue weighted by molar-refractivity contribution is -0.437. The zero-order chi connectivity index (χ0) is 43.8. The number of benzene rings is 2. The van der Waals surface area contributed by atoms with Crippen LogP contribution >= 0.6 is 0 Å². The summed E-state index contributed by atoms with van der Waals surface area (Å²) >= 11 is 0. The monoisotopic (exact) mass is 877 g/mol. The Bertz CT molecular complexity index is 2420. The topological polar surface area (TPSA) is 222 Å². The Morgan fingerprint density at radius 3 is 2.10 bits per heavy atom. The Hall–Kier alpha value is -4.46. The van der Waals surface area contributed by atoms with E-state index in [1.807, 2.05) is 43.6 Å². The van der Waals surface area contributed by atoms with Crippen LogP contribution < -0.4 is 4.90 Å². The van der Waals surface area contributed by atoms with Crippen LogP contribution in [0.4, 0.5) is 11.4 Å². The highest BCUT2D eigenvalue weighted by Crippen LogP contribution is 2.51. The lowest BCUT2D eigenvalue weighted by Gasteiger charge is -2.30. The van der Waals surface area contributed by atoms with E-state index in [1.54, 1.807) is 54.6 Å². The quantitative estimate of drug-likeness (QED) is 0.0564. The summed E-state index contributed by atoms with van der Waals surface area (Å²) in [5.74, 6) is -2.65. The van der Waals surface area contributed by atoms with Crippen molar-refractivity contribution in [1.82, 2.24) is 0 Å². The molecule has 2 aromatic rings. The van der Waals surface area contributed by atoms with E-state index in [9.17, 15) is 49.6 Å². The van der Waals surface area contributed by atoms with Crippen molar-refractivity contribution >= 4 is 59.4 Å². The molecular weight excluding hydrogens is 825 g/mol. The van der Waals surface area contributed by atoms with E-state index in [2.05, 4.69) is 9.08 Å². The minimum Gasteiger partial charge on any atom is -0.481 e. The second-order valence-electron chi connectivity index (χ2n) is 14.8. The largest absolute Gasteiger partial charge is 0.481 e. The molecule has 0 amide bonds. The second kappa shape index (κ2) is 19.3. The summed E-state index contributed by atoms with van der Waals surface area (Å²) < 4.78 is 93.7. The number of hydrogen-bond acceptors (Lipinski definition) is 11. The summed E-state index contributed by atoms with van der Waals surface area (Å²) in [6.07, 6.45) is 13.9. The van der Waals surface area contributed by atoms with Crippen molar-refractivity contribution in [1.29, 1.82) is 0 Å². The maximum Gasteiger partial charge on any atom is 0.307 e. The number of aliphatic carboxylic acids is 2. The van der Waals surface area contributed by atoms with E-state index in [0.717, 1.165) is 42.6 Å². The molecule has 2 aliphatic rings. The van der Waals surface area contributed by atoms with Gasteiger partial charge in [0.05, 0.1) is 42.5 Å². The zero-order valence-electron chi connectivity index (χ0n) is 33.8. The molecule has 2 heterocycles. The number of anilines is 1. The highest BCUT2D eigenvalue weighted by Gasteiger charge is 2.48. The van der Waals surface area contributed by atoms with Crippen LogP contribution in [0.25, 0.3) is 0 Å². The Labute approximate surface area is 347 Å². The van der Waals surface area contributed by atoms with E-state index in [0.29, 0.717) is 36.9 Å². The molecule has 0 saturated carbocycles. The molecule has 0 radical (unpaired) electrons. The third-order valence-electron chi connectivity index (χ3n) is 10.8. The number of rotatable bonds is 22. The summed E-state index contributed by atoms with van der Waals surface area (Å²) in [6, 6.07) is 10.1. The van der Waals surface area contributed by atoms with Gasteiger partial charge in [0, 0.05) is 53.9 Å². The lowest BCUT2D eigenvalue weighted by Crippen LogP contribution is -2.32. The van der Waals surface area contributed by atoms with Crippen molar-refractivity contribution in [2.75, 3.05) is 43.7 Å². The van der Waals surface area contributed by atoms with E-state index >= 15 is 0 Å². The predicted octanol–water partition coefficient (Wildman–Crippen LogP) is 5.64. The molecular formula is C41H53N2O13S3+. The number of fused-ring (bicyclic) bond motifs is 2. The van der Waals surface area contributed by atoms with Crippen molar-refractivity contribution in [3.8, 4) is 0 Å². The summed E-state index contributed by atoms with van der Waals surface area (Å²) in [6.45, 7) is 6.60.